The maximum Gasteiger partial charge on any atom is 0.272 e. The molecular weight excluding hydrogens is 368 g/mol. The summed E-state index contributed by atoms with van der Waals surface area (Å²) in [7, 11) is 1.70. The number of ether oxygens (including phenoxy) is 1. The van der Waals surface area contributed by atoms with Gasteiger partial charge in [0, 0.05) is 32.6 Å². The third-order valence-electron chi connectivity index (χ3n) is 5.62. The van der Waals surface area contributed by atoms with Crippen molar-refractivity contribution < 1.29 is 9.53 Å². The molecule has 2 N–H and O–H groups in total. The van der Waals surface area contributed by atoms with E-state index < -0.39 is 0 Å². The van der Waals surface area contributed by atoms with Crippen LogP contribution < -0.4 is 5.73 Å². The van der Waals surface area contributed by atoms with E-state index in [1.54, 1.807) is 24.1 Å². The Bertz CT molecular complexity index is 771. The van der Waals surface area contributed by atoms with Gasteiger partial charge in [-0.05, 0) is 37.3 Å². The number of nitrogens with two attached hydrogens (primary N) is 1. The fourth-order valence-electron chi connectivity index (χ4n) is 3.89. The number of methoxy groups -OCH3 is 1. The maximum atomic E-state index is 13.2. The molecule has 0 unspecified atom stereocenters. The molecule has 1 amide bonds. The van der Waals surface area contributed by atoms with Gasteiger partial charge in [0.05, 0.1) is 18.7 Å². The second-order valence-corrected chi connectivity index (χ2v) is 7.36. The molecule has 3 heterocycles. The van der Waals surface area contributed by atoms with Crippen LogP contribution in [0.5, 0.6) is 0 Å². The molecule has 0 radical (unpaired) electrons. The minimum atomic E-state index is 0. The smallest absolute Gasteiger partial charge is 0.272 e. The molecule has 8 nitrogen and oxygen atoms in total. The predicted molar refractivity (Wildman–Crippen MR) is 104 cm³/mol. The number of anilines is 1. The summed E-state index contributed by atoms with van der Waals surface area (Å²) >= 11 is 0. The van der Waals surface area contributed by atoms with Crippen LogP contribution in [0.4, 0.5) is 5.82 Å². The molecule has 2 aromatic rings. The molecule has 2 aliphatic rings. The zero-order chi connectivity index (χ0) is 18.1. The molecule has 0 bridgehead atoms. The highest BCUT2D eigenvalue weighted by Gasteiger charge is 2.37. The quantitative estimate of drug-likeness (QED) is 0.806. The van der Waals surface area contributed by atoms with E-state index in [1.807, 2.05) is 21.8 Å². The minimum Gasteiger partial charge on any atom is -0.382 e. The first-order valence-electron chi connectivity index (χ1n) is 9.28. The maximum absolute atomic E-state index is 13.2. The molecular formula is C18H27ClN6O2. The lowest BCUT2D eigenvalue weighted by Crippen LogP contribution is -2.40. The Morgan fingerprint density at radius 3 is 2.78 bits per heavy atom. The van der Waals surface area contributed by atoms with E-state index in [0.29, 0.717) is 30.5 Å². The van der Waals surface area contributed by atoms with Crippen molar-refractivity contribution in [2.75, 3.05) is 19.4 Å². The Morgan fingerprint density at radius 2 is 2.15 bits per heavy atom. The van der Waals surface area contributed by atoms with E-state index in [2.05, 4.69) is 10.2 Å². The van der Waals surface area contributed by atoms with Gasteiger partial charge in [0.2, 0.25) is 0 Å². The number of halogens is 1. The molecule has 0 spiro atoms. The van der Waals surface area contributed by atoms with E-state index >= 15 is 0 Å². The average molecular weight is 395 g/mol. The Kier molecular flexibility index (Phi) is 6.06. The number of amides is 1. The van der Waals surface area contributed by atoms with E-state index in [9.17, 15) is 4.79 Å². The molecule has 1 aliphatic heterocycles. The number of hydrogen-bond donors (Lipinski definition) is 1. The Labute approximate surface area is 165 Å². The van der Waals surface area contributed by atoms with Crippen LogP contribution in [-0.2, 0) is 17.8 Å². The summed E-state index contributed by atoms with van der Waals surface area (Å²) in [5.41, 5.74) is 6.38. The van der Waals surface area contributed by atoms with Crippen LogP contribution in [0, 0.1) is 5.92 Å². The lowest BCUT2D eigenvalue weighted by molar-refractivity contribution is 0.0664. The third-order valence-corrected chi connectivity index (χ3v) is 5.62. The molecule has 2 atom stereocenters. The first-order valence-corrected chi connectivity index (χ1v) is 9.28. The van der Waals surface area contributed by atoms with Crippen molar-refractivity contribution in [3.63, 3.8) is 0 Å². The van der Waals surface area contributed by atoms with Crippen LogP contribution >= 0.6 is 12.4 Å². The summed E-state index contributed by atoms with van der Waals surface area (Å²) < 4.78 is 9.20. The highest BCUT2D eigenvalue weighted by atomic mass is 35.5. The van der Waals surface area contributed by atoms with Crippen LogP contribution in [0.2, 0.25) is 0 Å². The SMILES string of the molecule is CO[C@H]1C[C@@H](Cn2ccc(N)n2)N(C(=O)c2ccnn2CC2CCC2)C1.Cl. The van der Waals surface area contributed by atoms with Gasteiger partial charge in [0.15, 0.2) is 0 Å². The fourth-order valence-corrected chi connectivity index (χ4v) is 3.89. The Balaban J connectivity index is 0.00000210. The van der Waals surface area contributed by atoms with Crippen molar-refractivity contribution in [3.05, 3.63) is 30.2 Å². The molecule has 0 aromatic carbocycles. The first-order chi connectivity index (χ1) is 12.6. The van der Waals surface area contributed by atoms with E-state index in [1.165, 1.54) is 19.3 Å². The number of carbonyl (C=O) groups excluding carboxylic acids is 1. The molecule has 1 aliphatic carbocycles. The highest BCUT2D eigenvalue weighted by molar-refractivity contribution is 5.93. The van der Waals surface area contributed by atoms with Gasteiger partial charge >= 0.3 is 0 Å². The number of likely N-dealkylation sites (tertiary alicyclic amines) is 1. The number of hydrogen-bond acceptors (Lipinski definition) is 5. The van der Waals surface area contributed by atoms with Crippen molar-refractivity contribution in [2.24, 2.45) is 5.92 Å². The van der Waals surface area contributed by atoms with Gasteiger partial charge < -0.3 is 15.4 Å². The first kappa shape index (κ1) is 19.7. The zero-order valence-corrected chi connectivity index (χ0v) is 16.3. The van der Waals surface area contributed by atoms with Gasteiger partial charge in [0.25, 0.3) is 5.91 Å². The summed E-state index contributed by atoms with van der Waals surface area (Å²) in [5.74, 6) is 1.16. The molecule has 1 saturated carbocycles. The van der Waals surface area contributed by atoms with Gasteiger partial charge in [-0.25, -0.2) is 0 Å². The average Bonchev–Trinajstić information content (AvgIpc) is 3.30. The zero-order valence-electron chi connectivity index (χ0n) is 15.5. The molecule has 27 heavy (non-hydrogen) atoms. The fraction of sp³-hybridized carbons (Fsp3) is 0.611. The van der Waals surface area contributed by atoms with Gasteiger partial charge in [-0.3, -0.25) is 14.2 Å². The van der Waals surface area contributed by atoms with E-state index in [4.69, 9.17) is 10.5 Å². The van der Waals surface area contributed by atoms with Gasteiger partial charge in [-0.15, -0.1) is 12.4 Å². The topological polar surface area (TPSA) is 91.2 Å². The molecule has 4 rings (SSSR count). The van der Waals surface area contributed by atoms with E-state index in [0.717, 1.165) is 13.0 Å². The van der Waals surface area contributed by atoms with Gasteiger partial charge in [0.1, 0.15) is 11.5 Å². The van der Waals surface area contributed by atoms with Crippen LogP contribution in [-0.4, -0.2) is 56.2 Å². The van der Waals surface area contributed by atoms with Crippen LogP contribution in [0.1, 0.15) is 36.2 Å². The number of carbonyl (C=O) groups is 1. The minimum absolute atomic E-state index is 0. The summed E-state index contributed by atoms with van der Waals surface area (Å²) in [6.07, 6.45) is 8.14. The standard InChI is InChI=1S/C18H26N6O2.ClH/c1-26-15-9-14(11-22-8-6-17(19)21-22)23(12-15)18(25)16-5-7-20-24(16)10-13-3-2-4-13;/h5-8,13-15H,2-4,9-12H2,1H3,(H2,19,21);1H/t14-,15-;/m0./s1. The summed E-state index contributed by atoms with van der Waals surface area (Å²) in [6, 6.07) is 3.62. The normalized spacial score (nSPS) is 22.5. The number of aromatic nitrogens is 4. The molecule has 2 aromatic heterocycles. The largest absolute Gasteiger partial charge is 0.382 e. The predicted octanol–water partition coefficient (Wildman–Crippen LogP) is 1.81. The number of nitrogen functional groups attached to an aromatic ring is 1. The third kappa shape index (κ3) is 4.11. The monoisotopic (exact) mass is 394 g/mol. The summed E-state index contributed by atoms with van der Waals surface area (Å²) in [5, 5.41) is 8.64. The highest BCUT2D eigenvalue weighted by Crippen LogP contribution is 2.29. The van der Waals surface area contributed by atoms with Crippen LogP contribution in [0.3, 0.4) is 0 Å². The molecule has 148 valence electrons. The second kappa shape index (κ2) is 8.31. The summed E-state index contributed by atoms with van der Waals surface area (Å²) in [6.45, 7) is 2.03. The second-order valence-electron chi connectivity index (χ2n) is 7.36. The van der Waals surface area contributed by atoms with Gasteiger partial charge in [-0.1, -0.05) is 6.42 Å². The lowest BCUT2D eigenvalue weighted by atomic mass is 9.85. The van der Waals surface area contributed by atoms with Crippen molar-refractivity contribution >= 4 is 24.1 Å². The van der Waals surface area contributed by atoms with Gasteiger partial charge in [-0.2, -0.15) is 10.2 Å². The molecule has 9 heteroatoms. The lowest BCUT2D eigenvalue weighted by Gasteiger charge is -2.27. The summed E-state index contributed by atoms with van der Waals surface area (Å²) in [4.78, 5) is 15.1. The molecule has 1 saturated heterocycles. The Morgan fingerprint density at radius 1 is 1.33 bits per heavy atom. The van der Waals surface area contributed by atoms with Crippen molar-refractivity contribution in [3.8, 4) is 0 Å². The van der Waals surface area contributed by atoms with Crippen molar-refractivity contribution in [1.29, 1.82) is 0 Å². The Hall–Kier alpha value is -2.06. The molecule has 2 fully saturated rings. The van der Waals surface area contributed by atoms with Crippen LogP contribution in [0.15, 0.2) is 24.5 Å². The van der Waals surface area contributed by atoms with Crippen molar-refractivity contribution in [2.45, 2.75) is 50.9 Å². The number of nitrogens with zero attached hydrogens (tertiary/aromatic N) is 5. The van der Waals surface area contributed by atoms with Crippen molar-refractivity contribution in [1.82, 2.24) is 24.5 Å². The van der Waals surface area contributed by atoms with Crippen LogP contribution in [0.25, 0.3) is 0 Å². The number of rotatable bonds is 6. The van der Waals surface area contributed by atoms with E-state index in [-0.39, 0.29) is 30.5 Å².